The van der Waals surface area contributed by atoms with Crippen LogP contribution in [0.4, 0.5) is 0 Å². The molecule has 3 aromatic rings. The highest BCUT2D eigenvalue weighted by Gasteiger charge is 2.22. The average molecular weight is 351 g/mol. The van der Waals surface area contributed by atoms with Crippen LogP contribution >= 0.6 is 0 Å². The molecule has 0 spiro atoms. The fourth-order valence-electron chi connectivity index (χ4n) is 4.88. The molecule has 0 unspecified atom stereocenters. The van der Waals surface area contributed by atoms with Crippen molar-refractivity contribution in [3.05, 3.63) is 88.5 Å². The van der Waals surface area contributed by atoms with Gasteiger partial charge in [0, 0.05) is 0 Å². The summed E-state index contributed by atoms with van der Waals surface area (Å²) in [7, 11) is 0. The average Bonchev–Trinajstić information content (AvgIpc) is 2.72. The van der Waals surface area contributed by atoms with Crippen LogP contribution in [0.5, 0.6) is 0 Å². The van der Waals surface area contributed by atoms with Crippen LogP contribution in [-0.4, -0.2) is 0 Å². The van der Waals surface area contributed by atoms with Gasteiger partial charge in [-0.1, -0.05) is 73.2 Å². The van der Waals surface area contributed by atoms with Gasteiger partial charge in [-0.3, -0.25) is 0 Å². The van der Waals surface area contributed by atoms with E-state index in [0.29, 0.717) is 0 Å². The van der Waals surface area contributed by atoms with Gasteiger partial charge >= 0.3 is 0 Å². The first kappa shape index (κ1) is 16.6. The van der Waals surface area contributed by atoms with Crippen molar-refractivity contribution < 1.29 is 0 Å². The molecule has 0 bridgehead atoms. The highest BCUT2D eigenvalue weighted by Crippen LogP contribution is 2.42. The van der Waals surface area contributed by atoms with Crippen molar-refractivity contribution in [3.8, 4) is 11.1 Å². The Labute approximate surface area is 162 Å². The number of hydrogen-bond donors (Lipinski definition) is 0. The number of fused-ring (bicyclic) bond motifs is 4. The van der Waals surface area contributed by atoms with Crippen molar-refractivity contribution in [2.75, 3.05) is 0 Å². The SMILES string of the molecule is CCc1ccc(-c2cc(C)cc3ccc4c(c23)CCC2=C4C=CCC2)cc1. The third-order valence-corrected chi connectivity index (χ3v) is 6.29. The van der Waals surface area contributed by atoms with Gasteiger partial charge in [0.25, 0.3) is 0 Å². The third-order valence-electron chi connectivity index (χ3n) is 6.29. The maximum absolute atomic E-state index is 2.38. The Bertz CT molecular complexity index is 1090. The largest absolute Gasteiger partial charge is 0.0836 e. The number of benzene rings is 3. The molecule has 0 radical (unpaired) electrons. The Morgan fingerprint density at radius 3 is 2.52 bits per heavy atom. The van der Waals surface area contributed by atoms with E-state index in [0.717, 1.165) is 6.42 Å². The number of rotatable bonds is 2. The van der Waals surface area contributed by atoms with Gasteiger partial charge in [-0.05, 0) is 88.8 Å². The lowest BCUT2D eigenvalue weighted by Gasteiger charge is -2.26. The van der Waals surface area contributed by atoms with Crippen molar-refractivity contribution >= 4 is 16.3 Å². The quantitative estimate of drug-likeness (QED) is 0.451. The van der Waals surface area contributed by atoms with E-state index in [1.54, 1.807) is 11.1 Å². The molecule has 0 saturated carbocycles. The van der Waals surface area contributed by atoms with Gasteiger partial charge in [0.1, 0.15) is 0 Å². The lowest BCUT2D eigenvalue weighted by molar-refractivity contribution is 0.831. The van der Waals surface area contributed by atoms with Gasteiger partial charge in [0.2, 0.25) is 0 Å². The predicted molar refractivity (Wildman–Crippen MR) is 117 cm³/mol. The van der Waals surface area contributed by atoms with Crippen LogP contribution in [0.25, 0.3) is 27.5 Å². The molecule has 0 heterocycles. The molecule has 0 atom stereocenters. The molecule has 5 rings (SSSR count). The van der Waals surface area contributed by atoms with Gasteiger partial charge in [-0.15, -0.1) is 0 Å². The molecule has 0 heteroatoms. The van der Waals surface area contributed by atoms with Crippen molar-refractivity contribution in [2.24, 2.45) is 0 Å². The van der Waals surface area contributed by atoms with Gasteiger partial charge in [0.15, 0.2) is 0 Å². The minimum Gasteiger partial charge on any atom is -0.0836 e. The van der Waals surface area contributed by atoms with Gasteiger partial charge in [-0.25, -0.2) is 0 Å². The van der Waals surface area contributed by atoms with Gasteiger partial charge < -0.3 is 0 Å². The topological polar surface area (TPSA) is 0 Å². The molecule has 0 nitrogen and oxygen atoms in total. The second-order valence-electron chi connectivity index (χ2n) is 8.01. The molecule has 27 heavy (non-hydrogen) atoms. The lowest BCUT2D eigenvalue weighted by Crippen LogP contribution is -2.07. The molecule has 0 fully saturated rings. The van der Waals surface area contributed by atoms with E-state index in [4.69, 9.17) is 0 Å². The molecule has 0 N–H and O–H groups in total. The van der Waals surface area contributed by atoms with Crippen LogP contribution in [0, 0.1) is 6.92 Å². The van der Waals surface area contributed by atoms with Crippen LogP contribution in [0.2, 0.25) is 0 Å². The molecule has 0 saturated heterocycles. The summed E-state index contributed by atoms with van der Waals surface area (Å²) in [4.78, 5) is 0. The molecule has 0 amide bonds. The Morgan fingerprint density at radius 1 is 0.852 bits per heavy atom. The lowest BCUT2D eigenvalue weighted by atomic mass is 9.78. The maximum Gasteiger partial charge on any atom is -0.00668 e. The Morgan fingerprint density at radius 2 is 1.70 bits per heavy atom. The van der Waals surface area contributed by atoms with E-state index < -0.39 is 0 Å². The molecule has 0 aliphatic heterocycles. The van der Waals surface area contributed by atoms with E-state index in [1.165, 1.54) is 69.8 Å². The molecule has 134 valence electrons. The number of hydrogen-bond acceptors (Lipinski definition) is 0. The highest BCUT2D eigenvalue weighted by molar-refractivity contribution is 6.03. The van der Waals surface area contributed by atoms with Crippen LogP contribution in [0.15, 0.2) is 66.3 Å². The van der Waals surface area contributed by atoms with Crippen molar-refractivity contribution in [1.29, 1.82) is 0 Å². The zero-order chi connectivity index (χ0) is 18.4. The summed E-state index contributed by atoms with van der Waals surface area (Å²) in [5, 5.41) is 2.85. The number of aryl methyl sites for hydroxylation is 3. The van der Waals surface area contributed by atoms with Crippen LogP contribution in [0.1, 0.15) is 48.4 Å². The zero-order valence-corrected chi connectivity index (χ0v) is 16.3. The van der Waals surface area contributed by atoms with Crippen LogP contribution < -0.4 is 0 Å². The van der Waals surface area contributed by atoms with E-state index >= 15 is 0 Å². The summed E-state index contributed by atoms with van der Waals surface area (Å²) in [5.74, 6) is 0. The fraction of sp³-hybridized carbons (Fsp3) is 0.259. The minimum atomic E-state index is 1.09. The molecular weight excluding hydrogens is 324 g/mol. The highest BCUT2D eigenvalue weighted by atomic mass is 14.3. The monoisotopic (exact) mass is 350 g/mol. The second kappa shape index (κ2) is 6.53. The van der Waals surface area contributed by atoms with Gasteiger partial charge in [-0.2, -0.15) is 0 Å². The minimum absolute atomic E-state index is 1.09. The smallest absolute Gasteiger partial charge is 0.00668 e. The van der Waals surface area contributed by atoms with Crippen molar-refractivity contribution in [3.63, 3.8) is 0 Å². The Hall–Kier alpha value is -2.60. The second-order valence-corrected chi connectivity index (χ2v) is 8.01. The van der Waals surface area contributed by atoms with Crippen molar-refractivity contribution in [1.82, 2.24) is 0 Å². The first-order valence-corrected chi connectivity index (χ1v) is 10.3. The first-order chi connectivity index (χ1) is 13.2. The standard InChI is InChI=1S/C27H26/c1-3-19-8-10-21(11-9-19)26-17-18(2)16-22-13-14-24-23-7-5-4-6-20(23)12-15-25(24)27(22)26/h5,7-11,13-14,16-17H,3-4,6,12,15H2,1-2H3. The molecule has 2 aliphatic carbocycles. The van der Waals surface area contributed by atoms with E-state index in [9.17, 15) is 0 Å². The zero-order valence-electron chi connectivity index (χ0n) is 16.3. The van der Waals surface area contributed by atoms with Crippen LogP contribution in [0.3, 0.4) is 0 Å². The fourth-order valence-corrected chi connectivity index (χ4v) is 4.88. The summed E-state index contributed by atoms with van der Waals surface area (Å²) in [6.45, 7) is 4.43. The predicted octanol–water partition coefficient (Wildman–Crippen LogP) is 7.43. The summed E-state index contributed by atoms with van der Waals surface area (Å²) in [6, 6.07) is 18.6. The van der Waals surface area contributed by atoms with Crippen molar-refractivity contribution in [2.45, 2.75) is 46.0 Å². The maximum atomic E-state index is 2.38. The van der Waals surface area contributed by atoms with Gasteiger partial charge in [0.05, 0.1) is 0 Å². The third kappa shape index (κ3) is 2.75. The molecule has 0 aromatic heterocycles. The first-order valence-electron chi connectivity index (χ1n) is 10.3. The van der Waals surface area contributed by atoms with E-state index in [1.807, 2.05) is 0 Å². The Balaban J connectivity index is 1.78. The normalized spacial score (nSPS) is 15.8. The molecule has 3 aromatic carbocycles. The molecule has 2 aliphatic rings. The van der Waals surface area contributed by atoms with Crippen LogP contribution in [-0.2, 0) is 12.8 Å². The summed E-state index contributed by atoms with van der Waals surface area (Å²) < 4.78 is 0. The van der Waals surface area contributed by atoms with E-state index in [-0.39, 0.29) is 0 Å². The molecular formula is C27H26. The summed E-state index contributed by atoms with van der Waals surface area (Å²) >= 11 is 0. The summed E-state index contributed by atoms with van der Waals surface area (Å²) in [6.07, 6.45) is 10.6. The Kier molecular flexibility index (Phi) is 4.01. The van der Waals surface area contributed by atoms with E-state index in [2.05, 4.69) is 74.5 Å². The summed E-state index contributed by atoms with van der Waals surface area (Å²) in [5.41, 5.74) is 11.6. The number of allylic oxidation sites excluding steroid dienone is 4.